The molecule has 2 heteroatoms. The Kier molecular flexibility index (Phi) is 7.29. The molecule has 0 aromatic rings. The summed E-state index contributed by atoms with van der Waals surface area (Å²) in [7, 11) is -1.83. The van der Waals surface area contributed by atoms with Crippen molar-refractivity contribution in [3.8, 4) is 0 Å². The van der Waals surface area contributed by atoms with Crippen LogP contribution in [0.25, 0.3) is 0 Å². The maximum absolute atomic E-state index is 7.10. The van der Waals surface area contributed by atoms with Crippen LogP contribution in [0.3, 0.4) is 0 Å². The van der Waals surface area contributed by atoms with Crippen molar-refractivity contribution in [1.29, 1.82) is 0 Å². The van der Waals surface area contributed by atoms with Gasteiger partial charge in [-0.25, -0.2) is 0 Å². The largest absolute Gasteiger partial charge is 0.412 e. The fourth-order valence-electron chi connectivity index (χ4n) is 7.06. The van der Waals surface area contributed by atoms with Crippen LogP contribution in [0.2, 0.25) is 16.6 Å². The van der Waals surface area contributed by atoms with E-state index in [1.807, 2.05) is 0 Å². The van der Waals surface area contributed by atoms with E-state index in [-0.39, 0.29) is 0 Å². The summed E-state index contributed by atoms with van der Waals surface area (Å²) in [6, 6.07) is 0. The summed E-state index contributed by atoms with van der Waals surface area (Å²) in [5, 5.41) is 0. The lowest BCUT2D eigenvalue weighted by Crippen LogP contribution is -2.48. The van der Waals surface area contributed by atoms with Crippen molar-refractivity contribution in [1.82, 2.24) is 0 Å². The average Bonchev–Trinajstić information content (AvgIpc) is 2.87. The average molecular weight is 429 g/mol. The maximum atomic E-state index is 7.10. The van der Waals surface area contributed by atoms with Gasteiger partial charge in [0, 0.05) is 5.92 Å². The quantitative estimate of drug-likeness (QED) is 0.303. The lowest BCUT2D eigenvalue weighted by molar-refractivity contribution is 0.196. The Bertz CT molecular complexity index is 679. The molecule has 1 fully saturated rings. The molecule has 0 saturated heterocycles. The molecule has 0 aliphatic heterocycles. The predicted molar refractivity (Wildman–Crippen MR) is 134 cm³/mol. The second kappa shape index (κ2) is 9.10. The van der Waals surface area contributed by atoms with Crippen molar-refractivity contribution in [3.63, 3.8) is 0 Å². The van der Waals surface area contributed by atoms with Gasteiger partial charge >= 0.3 is 0 Å². The van der Waals surface area contributed by atoms with Crippen molar-refractivity contribution in [2.75, 3.05) is 6.61 Å². The summed E-state index contributed by atoms with van der Waals surface area (Å²) in [4.78, 5) is 0. The molecule has 1 saturated carbocycles. The zero-order valence-corrected chi connectivity index (χ0v) is 22.3. The monoisotopic (exact) mass is 428 g/mol. The van der Waals surface area contributed by atoms with Crippen molar-refractivity contribution in [3.05, 3.63) is 34.9 Å². The molecule has 3 aliphatic rings. The molecule has 3 aliphatic carbocycles. The van der Waals surface area contributed by atoms with Gasteiger partial charge in [0.05, 0.1) is 6.61 Å². The van der Waals surface area contributed by atoms with Crippen LogP contribution >= 0.6 is 0 Å². The van der Waals surface area contributed by atoms with E-state index in [4.69, 9.17) is 4.43 Å². The number of rotatable bonds is 6. The fourth-order valence-corrected chi connectivity index (χ4v) is 12.5. The Morgan fingerprint density at radius 2 is 1.63 bits per heavy atom. The smallest absolute Gasteiger partial charge is 0.200 e. The van der Waals surface area contributed by atoms with Crippen LogP contribution in [0, 0.1) is 23.2 Å². The number of allylic oxidation sites excluding steroid dienone is 5. The Labute approximate surface area is 188 Å². The summed E-state index contributed by atoms with van der Waals surface area (Å²) in [5.41, 5.74) is 7.41. The molecule has 170 valence electrons. The van der Waals surface area contributed by atoms with E-state index >= 15 is 0 Å². The van der Waals surface area contributed by atoms with Gasteiger partial charge in [-0.15, -0.1) is 0 Å². The van der Waals surface area contributed by atoms with E-state index in [0.717, 1.165) is 18.4 Å². The van der Waals surface area contributed by atoms with Crippen LogP contribution in [0.4, 0.5) is 0 Å². The fraction of sp³-hybridized carbons (Fsp3) is 0.786. The summed E-state index contributed by atoms with van der Waals surface area (Å²) in [6.07, 6.45) is 14.0. The van der Waals surface area contributed by atoms with E-state index in [1.165, 1.54) is 32.1 Å². The molecule has 0 bridgehead atoms. The number of fused-ring (bicyclic) bond motifs is 3. The molecule has 0 radical (unpaired) electrons. The summed E-state index contributed by atoms with van der Waals surface area (Å²) < 4.78 is 7.10. The molecule has 3 atom stereocenters. The molecular weight excluding hydrogens is 380 g/mol. The SMILES string of the molecule is CC(C)[Si](OCC1=C2C3=CC[C@H](C(C)(C)C)C[C@@H]3C[C@H]2C=CCC1)(C(C)C)C(C)C. The molecular formula is C28H48OSi. The first kappa shape index (κ1) is 24.0. The van der Waals surface area contributed by atoms with E-state index in [9.17, 15) is 0 Å². The van der Waals surface area contributed by atoms with Crippen molar-refractivity contribution in [2.24, 2.45) is 23.2 Å². The van der Waals surface area contributed by atoms with E-state index < -0.39 is 8.32 Å². The van der Waals surface area contributed by atoms with Crippen molar-refractivity contribution >= 4 is 8.32 Å². The van der Waals surface area contributed by atoms with E-state index in [2.05, 4.69) is 80.5 Å². The second-order valence-electron chi connectivity index (χ2n) is 12.3. The van der Waals surface area contributed by atoms with Gasteiger partial charge in [0.2, 0.25) is 8.32 Å². The third-order valence-electron chi connectivity index (χ3n) is 8.64. The lowest BCUT2D eigenvalue weighted by atomic mass is 9.70. The Morgan fingerprint density at radius 1 is 1.00 bits per heavy atom. The molecule has 0 aromatic heterocycles. The van der Waals surface area contributed by atoms with Crippen molar-refractivity contribution < 1.29 is 4.43 Å². The summed E-state index contributed by atoms with van der Waals surface area (Å²) in [6.45, 7) is 22.6. The number of hydrogen-bond donors (Lipinski definition) is 0. The summed E-state index contributed by atoms with van der Waals surface area (Å²) >= 11 is 0. The third-order valence-corrected chi connectivity index (χ3v) is 14.7. The lowest BCUT2D eigenvalue weighted by Gasteiger charge is -2.42. The first-order valence-corrected chi connectivity index (χ1v) is 14.8. The van der Waals surface area contributed by atoms with E-state index in [1.54, 1.807) is 16.7 Å². The Morgan fingerprint density at radius 3 is 2.20 bits per heavy atom. The zero-order chi connectivity index (χ0) is 22.3. The van der Waals surface area contributed by atoms with Gasteiger partial charge < -0.3 is 4.43 Å². The topological polar surface area (TPSA) is 9.23 Å². The molecule has 30 heavy (non-hydrogen) atoms. The van der Waals surface area contributed by atoms with E-state index in [0.29, 0.717) is 28.0 Å². The molecule has 3 rings (SSSR count). The molecule has 0 N–H and O–H groups in total. The Hall–Kier alpha value is -0.603. The minimum atomic E-state index is -1.83. The first-order chi connectivity index (χ1) is 14.0. The molecule has 0 spiro atoms. The second-order valence-corrected chi connectivity index (χ2v) is 17.8. The highest BCUT2D eigenvalue weighted by atomic mass is 28.4. The highest BCUT2D eigenvalue weighted by Gasteiger charge is 2.46. The van der Waals surface area contributed by atoms with Gasteiger partial charge in [0.25, 0.3) is 0 Å². The molecule has 0 aromatic carbocycles. The van der Waals surface area contributed by atoms with Gasteiger partial charge in [0.15, 0.2) is 0 Å². The zero-order valence-electron chi connectivity index (χ0n) is 21.3. The van der Waals surface area contributed by atoms with Gasteiger partial charge in [-0.05, 0) is 82.7 Å². The van der Waals surface area contributed by atoms with Gasteiger partial charge in [-0.3, -0.25) is 0 Å². The van der Waals surface area contributed by atoms with Gasteiger partial charge in [-0.1, -0.05) is 80.5 Å². The van der Waals surface area contributed by atoms with Crippen LogP contribution in [-0.4, -0.2) is 14.9 Å². The minimum Gasteiger partial charge on any atom is -0.412 e. The van der Waals surface area contributed by atoms with Crippen LogP contribution in [-0.2, 0) is 4.43 Å². The molecule has 0 amide bonds. The van der Waals surface area contributed by atoms with Crippen molar-refractivity contribution in [2.45, 2.75) is 111 Å². The predicted octanol–water partition coefficient (Wildman–Crippen LogP) is 8.84. The normalized spacial score (nSPS) is 27.6. The highest BCUT2D eigenvalue weighted by molar-refractivity contribution is 6.77. The Balaban J connectivity index is 1.91. The minimum absolute atomic E-state index is 0.417. The molecule has 1 nitrogen and oxygen atoms in total. The van der Waals surface area contributed by atoms with Crippen LogP contribution in [0.15, 0.2) is 34.9 Å². The van der Waals surface area contributed by atoms with Crippen LogP contribution in [0.1, 0.15) is 94.4 Å². The van der Waals surface area contributed by atoms with Gasteiger partial charge in [0.1, 0.15) is 0 Å². The van der Waals surface area contributed by atoms with Crippen LogP contribution in [0.5, 0.6) is 0 Å². The highest BCUT2D eigenvalue weighted by Crippen LogP contribution is 2.53. The molecule has 0 heterocycles. The number of hydrogen-bond acceptors (Lipinski definition) is 1. The van der Waals surface area contributed by atoms with Gasteiger partial charge in [-0.2, -0.15) is 0 Å². The van der Waals surface area contributed by atoms with Crippen LogP contribution < -0.4 is 0 Å². The maximum Gasteiger partial charge on any atom is 0.200 e. The first-order valence-electron chi connectivity index (χ1n) is 12.7. The standard InChI is InChI=1S/C28H48OSi/c1-19(2)30(20(3)4,21(5)6)29-18-23-13-11-10-12-22-16-24-17-25(28(7,8)9)14-15-26(24)27(22)23/h10,12,15,19-22,24-25H,11,13-14,16-18H2,1-9H3/t22-,24+,25+/m1/s1. The third kappa shape index (κ3) is 4.46. The summed E-state index contributed by atoms with van der Waals surface area (Å²) in [5.74, 6) is 2.22. The molecule has 0 unspecified atom stereocenters.